The van der Waals surface area contributed by atoms with Crippen LogP contribution in [0.25, 0.3) is 0 Å². The average Bonchev–Trinajstić information content (AvgIpc) is 2.40. The summed E-state index contributed by atoms with van der Waals surface area (Å²) in [5.74, 6) is 0.995. The minimum absolute atomic E-state index is 0.384. The molecular formula is C17H27NO. The SMILES string of the molecule is CCCCCOc1ccc(CNC2(C)CCC2)cc1. The maximum absolute atomic E-state index is 5.72. The van der Waals surface area contributed by atoms with Gasteiger partial charge in [0, 0.05) is 12.1 Å². The van der Waals surface area contributed by atoms with E-state index in [2.05, 4.69) is 43.4 Å². The van der Waals surface area contributed by atoms with E-state index in [-0.39, 0.29) is 0 Å². The van der Waals surface area contributed by atoms with E-state index in [1.807, 2.05) is 0 Å². The Hall–Kier alpha value is -1.02. The highest BCUT2D eigenvalue weighted by molar-refractivity contribution is 5.27. The highest BCUT2D eigenvalue weighted by Gasteiger charge is 2.30. The van der Waals surface area contributed by atoms with Crippen molar-refractivity contribution >= 4 is 0 Å². The van der Waals surface area contributed by atoms with Gasteiger partial charge >= 0.3 is 0 Å². The topological polar surface area (TPSA) is 21.3 Å². The molecule has 0 amide bonds. The second-order valence-electron chi connectivity index (χ2n) is 5.97. The van der Waals surface area contributed by atoms with E-state index in [1.165, 1.54) is 37.7 Å². The molecule has 1 saturated carbocycles. The minimum Gasteiger partial charge on any atom is -0.494 e. The van der Waals surface area contributed by atoms with Crippen LogP contribution in [0, 0.1) is 0 Å². The second kappa shape index (κ2) is 6.95. The molecule has 0 spiro atoms. The van der Waals surface area contributed by atoms with E-state index in [9.17, 15) is 0 Å². The summed E-state index contributed by atoms with van der Waals surface area (Å²) in [6.07, 6.45) is 7.64. The summed E-state index contributed by atoms with van der Waals surface area (Å²) in [6.45, 7) is 6.34. The van der Waals surface area contributed by atoms with Crippen molar-refractivity contribution in [1.29, 1.82) is 0 Å². The van der Waals surface area contributed by atoms with Gasteiger partial charge in [0.15, 0.2) is 0 Å². The average molecular weight is 261 g/mol. The van der Waals surface area contributed by atoms with Crippen molar-refractivity contribution in [3.05, 3.63) is 29.8 Å². The fourth-order valence-corrected chi connectivity index (χ4v) is 2.44. The Morgan fingerprint density at radius 3 is 2.47 bits per heavy atom. The summed E-state index contributed by atoms with van der Waals surface area (Å²) >= 11 is 0. The van der Waals surface area contributed by atoms with Crippen LogP contribution in [-0.4, -0.2) is 12.1 Å². The summed E-state index contributed by atoms with van der Waals surface area (Å²) in [5, 5.41) is 3.65. The summed E-state index contributed by atoms with van der Waals surface area (Å²) in [6, 6.07) is 8.52. The van der Waals surface area contributed by atoms with Crippen LogP contribution in [-0.2, 0) is 6.54 Å². The number of hydrogen-bond acceptors (Lipinski definition) is 2. The molecule has 0 unspecified atom stereocenters. The smallest absolute Gasteiger partial charge is 0.119 e. The maximum atomic E-state index is 5.72. The van der Waals surface area contributed by atoms with Crippen LogP contribution in [0.2, 0.25) is 0 Å². The van der Waals surface area contributed by atoms with Crippen LogP contribution >= 0.6 is 0 Å². The fourth-order valence-electron chi connectivity index (χ4n) is 2.44. The van der Waals surface area contributed by atoms with Crippen molar-refractivity contribution in [2.45, 2.75) is 64.5 Å². The molecule has 2 nitrogen and oxygen atoms in total. The predicted octanol–water partition coefficient (Wildman–Crippen LogP) is 4.29. The fraction of sp³-hybridized carbons (Fsp3) is 0.647. The summed E-state index contributed by atoms with van der Waals surface area (Å²) in [7, 11) is 0. The third kappa shape index (κ3) is 4.54. The number of nitrogens with one attached hydrogen (secondary N) is 1. The first-order chi connectivity index (χ1) is 9.22. The van der Waals surface area contributed by atoms with Crippen molar-refractivity contribution in [3.63, 3.8) is 0 Å². The lowest BCUT2D eigenvalue weighted by molar-refractivity contribution is 0.207. The van der Waals surface area contributed by atoms with Gasteiger partial charge in [0.25, 0.3) is 0 Å². The lowest BCUT2D eigenvalue weighted by Crippen LogP contribution is -2.47. The quantitative estimate of drug-likeness (QED) is 0.705. The molecule has 0 atom stereocenters. The van der Waals surface area contributed by atoms with Gasteiger partial charge in [-0.1, -0.05) is 31.9 Å². The lowest BCUT2D eigenvalue weighted by Gasteiger charge is -2.39. The number of rotatable bonds is 8. The number of ether oxygens (including phenoxy) is 1. The Bertz CT molecular complexity index is 367. The lowest BCUT2D eigenvalue weighted by atomic mass is 9.78. The zero-order chi connectivity index (χ0) is 13.6. The molecule has 2 heteroatoms. The van der Waals surface area contributed by atoms with Crippen molar-refractivity contribution in [2.24, 2.45) is 0 Å². The highest BCUT2D eigenvalue weighted by atomic mass is 16.5. The van der Waals surface area contributed by atoms with Crippen LogP contribution in [0.1, 0.15) is 57.9 Å². The molecule has 1 N–H and O–H groups in total. The van der Waals surface area contributed by atoms with Gasteiger partial charge in [0.2, 0.25) is 0 Å². The third-order valence-electron chi connectivity index (χ3n) is 4.12. The molecule has 0 aliphatic heterocycles. The summed E-state index contributed by atoms with van der Waals surface area (Å²) < 4.78 is 5.72. The van der Waals surface area contributed by atoms with E-state index in [1.54, 1.807) is 0 Å². The molecule has 0 bridgehead atoms. The molecule has 19 heavy (non-hydrogen) atoms. The minimum atomic E-state index is 0.384. The van der Waals surface area contributed by atoms with Gasteiger partial charge < -0.3 is 10.1 Å². The predicted molar refractivity (Wildman–Crippen MR) is 80.6 cm³/mol. The monoisotopic (exact) mass is 261 g/mol. The molecule has 0 saturated heterocycles. The Morgan fingerprint density at radius 1 is 1.16 bits per heavy atom. The molecular weight excluding hydrogens is 234 g/mol. The molecule has 1 aromatic carbocycles. The molecule has 106 valence electrons. The standard InChI is InChI=1S/C17H27NO/c1-3-4-5-13-19-16-9-7-15(8-10-16)14-18-17(2)11-6-12-17/h7-10,18H,3-6,11-14H2,1-2H3. The van der Waals surface area contributed by atoms with Gasteiger partial charge in [-0.3, -0.25) is 0 Å². The number of benzene rings is 1. The first-order valence-corrected chi connectivity index (χ1v) is 7.69. The Balaban J connectivity index is 1.71. The van der Waals surface area contributed by atoms with E-state index >= 15 is 0 Å². The Kier molecular flexibility index (Phi) is 5.26. The van der Waals surface area contributed by atoms with Gasteiger partial charge in [-0.15, -0.1) is 0 Å². The van der Waals surface area contributed by atoms with Gasteiger partial charge in [-0.2, -0.15) is 0 Å². The van der Waals surface area contributed by atoms with Crippen LogP contribution in [0.15, 0.2) is 24.3 Å². The van der Waals surface area contributed by atoms with Crippen molar-refractivity contribution < 1.29 is 4.74 Å². The van der Waals surface area contributed by atoms with Crippen LogP contribution in [0.5, 0.6) is 5.75 Å². The molecule has 0 radical (unpaired) electrons. The van der Waals surface area contributed by atoms with Crippen molar-refractivity contribution in [1.82, 2.24) is 5.32 Å². The highest BCUT2D eigenvalue weighted by Crippen LogP contribution is 2.31. The van der Waals surface area contributed by atoms with Gasteiger partial charge in [0.05, 0.1) is 6.61 Å². The molecule has 2 rings (SSSR count). The van der Waals surface area contributed by atoms with Gasteiger partial charge in [-0.25, -0.2) is 0 Å². The first-order valence-electron chi connectivity index (χ1n) is 7.69. The Labute approximate surface area is 117 Å². The molecule has 1 aromatic rings. The van der Waals surface area contributed by atoms with Gasteiger partial charge in [-0.05, 0) is 50.3 Å². The van der Waals surface area contributed by atoms with E-state index in [4.69, 9.17) is 4.74 Å². The molecule has 1 fully saturated rings. The normalized spacial score (nSPS) is 16.9. The van der Waals surface area contributed by atoms with E-state index in [0.29, 0.717) is 5.54 Å². The molecule has 1 aliphatic carbocycles. The van der Waals surface area contributed by atoms with Crippen LogP contribution in [0.4, 0.5) is 0 Å². The third-order valence-corrected chi connectivity index (χ3v) is 4.12. The van der Waals surface area contributed by atoms with E-state index in [0.717, 1.165) is 25.3 Å². The van der Waals surface area contributed by atoms with E-state index < -0.39 is 0 Å². The molecule has 0 aromatic heterocycles. The van der Waals surface area contributed by atoms with Crippen LogP contribution < -0.4 is 10.1 Å². The zero-order valence-corrected chi connectivity index (χ0v) is 12.4. The van der Waals surface area contributed by atoms with Gasteiger partial charge in [0.1, 0.15) is 5.75 Å². The number of hydrogen-bond donors (Lipinski definition) is 1. The zero-order valence-electron chi connectivity index (χ0n) is 12.4. The first kappa shape index (κ1) is 14.4. The largest absolute Gasteiger partial charge is 0.494 e. The van der Waals surface area contributed by atoms with Crippen molar-refractivity contribution in [2.75, 3.05) is 6.61 Å². The molecule has 0 heterocycles. The van der Waals surface area contributed by atoms with Crippen LogP contribution in [0.3, 0.4) is 0 Å². The Morgan fingerprint density at radius 2 is 1.89 bits per heavy atom. The van der Waals surface area contributed by atoms with Crippen molar-refractivity contribution in [3.8, 4) is 5.75 Å². The summed E-state index contributed by atoms with van der Waals surface area (Å²) in [5.41, 5.74) is 1.73. The molecule has 1 aliphatic rings. The maximum Gasteiger partial charge on any atom is 0.119 e. The second-order valence-corrected chi connectivity index (χ2v) is 5.97. The number of unbranched alkanes of at least 4 members (excludes halogenated alkanes) is 2. The summed E-state index contributed by atoms with van der Waals surface area (Å²) in [4.78, 5) is 0.